The predicted molar refractivity (Wildman–Crippen MR) is 158 cm³/mol. The summed E-state index contributed by atoms with van der Waals surface area (Å²) in [5.41, 5.74) is -0.770. The van der Waals surface area contributed by atoms with Crippen LogP contribution in [0.4, 0.5) is 37.7 Å². The summed E-state index contributed by atoms with van der Waals surface area (Å²) >= 11 is -0.262. The van der Waals surface area contributed by atoms with Gasteiger partial charge in [-0.2, -0.15) is 13.2 Å². The normalized spacial score (nSPS) is 18.2. The first-order valence-corrected chi connectivity index (χ1v) is 16.7. The van der Waals surface area contributed by atoms with E-state index in [1.807, 2.05) is 11.9 Å². The summed E-state index contributed by atoms with van der Waals surface area (Å²) in [6.07, 6.45) is -3.42. The molecule has 235 valence electrons. The number of nitrogens with one attached hydrogen (secondary N) is 2. The van der Waals surface area contributed by atoms with Gasteiger partial charge in [-0.05, 0) is 7.05 Å². The van der Waals surface area contributed by atoms with E-state index >= 15 is 4.39 Å². The number of piperazine rings is 1. The molecule has 6 nitrogen and oxygen atoms in total. The van der Waals surface area contributed by atoms with E-state index in [0.717, 1.165) is 24.8 Å². The van der Waals surface area contributed by atoms with Crippen molar-refractivity contribution in [2.45, 2.75) is 47.7 Å². The Bertz CT molecular complexity index is 1560. The Hall–Kier alpha value is -3.24. The average molecular weight is 682 g/mol. The number of aromatic nitrogens is 1. The number of aromatic amines is 1. The molecule has 2 aliphatic rings. The van der Waals surface area contributed by atoms with Gasteiger partial charge in [0.05, 0.1) is 0 Å². The molecule has 13 heteroatoms. The van der Waals surface area contributed by atoms with Crippen LogP contribution < -0.4 is 15.8 Å². The molecule has 2 N–H and O–H groups in total. The van der Waals surface area contributed by atoms with Gasteiger partial charge in [-0.25, -0.2) is 0 Å². The molecule has 0 atom stereocenters. The predicted octanol–water partition coefficient (Wildman–Crippen LogP) is 6.41. The molecule has 0 unspecified atom stereocenters. The molecule has 1 aliphatic heterocycles. The summed E-state index contributed by atoms with van der Waals surface area (Å²) in [7, 11) is 1.97. The van der Waals surface area contributed by atoms with Crippen LogP contribution in [0.25, 0.3) is 11.1 Å². The van der Waals surface area contributed by atoms with Crippen LogP contribution >= 0.6 is 0 Å². The van der Waals surface area contributed by atoms with E-state index in [0.29, 0.717) is 48.5 Å². The molecule has 0 spiro atoms. The minimum atomic E-state index is -4.94. The molecule has 3 aromatic rings. The van der Waals surface area contributed by atoms with Crippen molar-refractivity contribution in [2.75, 3.05) is 43.4 Å². The van der Waals surface area contributed by atoms with Gasteiger partial charge in [-0.15, -0.1) is 0 Å². The summed E-state index contributed by atoms with van der Waals surface area (Å²) in [5.74, 6) is -4.17. The van der Waals surface area contributed by atoms with E-state index in [9.17, 15) is 31.5 Å². The molecule has 44 heavy (non-hydrogen) atoms. The van der Waals surface area contributed by atoms with E-state index < -0.39 is 40.5 Å². The average Bonchev–Trinajstić information content (AvgIpc) is 2.97. The van der Waals surface area contributed by atoms with Crippen molar-refractivity contribution in [2.24, 2.45) is 0 Å². The number of likely N-dealkylation sites (N-methyl/N-ethyl adjacent to an activating group) is 1. The van der Waals surface area contributed by atoms with Crippen molar-refractivity contribution in [1.29, 1.82) is 0 Å². The van der Waals surface area contributed by atoms with Gasteiger partial charge < -0.3 is 0 Å². The van der Waals surface area contributed by atoms with Gasteiger partial charge in [0.25, 0.3) is 0 Å². The topological polar surface area (TPSA) is 68.4 Å². The summed E-state index contributed by atoms with van der Waals surface area (Å²) < 4.78 is 83.7. The fourth-order valence-electron chi connectivity index (χ4n) is 5.54. The van der Waals surface area contributed by atoms with E-state index in [2.05, 4.69) is 15.2 Å². The standard InChI is InChI=1S/C31H32AsF6N4O2/c1-41-10-12-42(13-11-41)27-5-3-20(15-26(27)40-29(44)23-18-39-28(43)16-24(23)31(36,37)38)22-14-19(2-4-25(22)33)17-32-21-6-8-30(34,35)9-7-21/h2-5,14-16,18,21H,6-13,17H2,1H3,(H,39,43)(H,40,44). The number of nitrogens with zero attached hydrogens (tertiary/aromatic N) is 2. The van der Waals surface area contributed by atoms with Crippen molar-refractivity contribution < 1.29 is 31.1 Å². The van der Waals surface area contributed by atoms with Crippen LogP contribution in [0.2, 0.25) is 4.71 Å². The monoisotopic (exact) mass is 681 g/mol. The van der Waals surface area contributed by atoms with Crippen LogP contribution in [0, 0.1) is 5.82 Å². The van der Waals surface area contributed by atoms with Crippen LogP contribution in [0.3, 0.4) is 0 Å². The second kappa shape index (κ2) is 13.0. The SMILES string of the molecule is CN1CCN(c2ccc(-c3cc(C[As]C4CCC(F)(F)CC4)ccc3F)cc2NC(=O)c2c[nH]c(=O)cc2C(F)(F)F)CC1. The molecule has 1 saturated carbocycles. The quantitative estimate of drug-likeness (QED) is 0.224. The third-order valence-electron chi connectivity index (χ3n) is 8.12. The summed E-state index contributed by atoms with van der Waals surface area (Å²) in [6.45, 7) is 2.66. The first kappa shape index (κ1) is 32.2. The third kappa shape index (κ3) is 7.69. The number of rotatable bonds is 7. The van der Waals surface area contributed by atoms with Crippen molar-refractivity contribution in [3.63, 3.8) is 0 Å². The molecule has 2 heterocycles. The Balaban J connectivity index is 1.45. The number of pyridine rings is 1. The summed E-state index contributed by atoms with van der Waals surface area (Å²) in [5, 5.41) is 3.27. The van der Waals surface area contributed by atoms with Gasteiger partial charge in [0.2, 0.25) is 5.56 Å². The number of benzene rings is 2. The van der Waals surface area contributed by atoms with Crippen LogP contribution in [0.15, 0.2) is 53.5 Å². The number of hydrogen-bond acceptors (Lipinski definition) is 4. The third-order valence-corrected chi connectivity index (χ3v) is 11.4. The fraction of sp³-hybridized carbons (Fsp3) is 0.419. The Labute approximate surface area is 257 Å². The number of amides is 1. The molecule has 1 aromatic heterocycles. The maximum absolute atomic E-state index is 15.2. The Morgan fingerprint density at radius 2 is 1.75 bits per heavy atom. The molecule has 5 rings (SSSR count). The number of carbonyl (C=O) groups excluding carboxylic acids is 1. The first-order valence-electron chi connectivity index (χ1n) is 14.3. The Morgan fingerprint density at radius 1 is 1.05 bits per heavy atom. The van der Waals surface area contributed by atoms with Crippen molar-refractivity contribution in [3.05, 3.63) is 81.5 Å². The molecule has 1 amide bonds. The zero-order chi connectivity index (χ0) is 31.6. The number of H-pyrrole nitrogens is 1. The van der Waals surface area contributed by atoms with Crippen LogP contribution in [-0.4, -0.2) is 70.7 Å². The Kier molecular flexibility index (Phi) is 9.51. The number of carbonyl (C=O) groups is 1. The molecular weight excluding hydrogens is 649 g/mol. The first-order chi connectivity index (χ1) is 20.8. The summed E-state index contributed by atoms with van der Waals surface area (Å²) in [6, 6.07) is 10.1. The van der Waals surface area contributed by atoms with Gasteiger partial charge in [0, 0.05) is 0 Å². The van der Waals surface area contributed by atoms with Gasteiger partial charge in [0.1, 0.15) is 0 Å². The molecular formula is C31H32AsF6N4O2. The van der Waals surface area contributed by atoms with Gasteiger partial charge in [-0.3, -0.25) is 4.79 Å². The van der Waals surface area contributed by atoms with Crippen molar-refractivity contribution in [1.82, 2.24) is 9.88 Å². The fourth-order valence-corrected chi connectivity index (χ4v) is 8.25. The van der Waals surface area contributed by atoms with E-state index in [1.54, 1.807) is 30.3 Å². The van der Waals surface area contributed by atoms with Crippen molar-refractivity contribution in [3.8, 4) is 11.1 Å². The van der Waals surface area contributed by atoms with E-state index in [-0.39, 0.29) is 44.6 Å². The van der Waals surface area contributed by atoms with Crippen LogP contribution in [0.1, 0.15) is 47.2 Å². The second-order valence-corrected chi connectivity index (χ2v) is 14.3. The maximum atomic E-state index is 15.2. The number of hydrogen-bond donors (Lipinski definition) is 2. The van der Waals surface area contributed by atoms with Gasteiger partial charge in [0.15, 0.2) is 0 Å². The summed E-state index contributed by atoms with van der Waals surface area (Å²) in [4.78, 5) is 31.1. The molecule has 1 radical (unpaired) electrons. The van der Waals surface area contributed by atoms with Crippen molar-refractivity contribution >= 4 is 33.0 Å². The van der Waals surface area contributed by atoms with E-state index in [1.165, 1.54) is 6.07 Å². The van der Waals surface area contributed by atoms with Crippen LogP contribution in [0.5, 0.6) is 0 Å². The minimum absolute atomic E-state index is 0.0976. The zero-order valence-corrected chi connectivity index (χ0v) is 25.9. The Morgan fingerprint density at radius 3 is 2.43 bits per heavy atom. The van der Waals surface area contributed by atoms with Gasteiger partial charge in [-0.1, -0.05) is 0 Å². The molecule has 1 saturated heterocycles. The number of alkyl halides is 5. The van der Waals surface area contributed by atoms with Crippen LogP contribution in [-0.2, 0) is 11.4 Å². The van der Waals surface area contributed by atoms with E-state index in [4.69, 9.17) is 0 Å². The number of halogens is 6. The molecule has 0 bridgehead atoms. The molecule has 2 aromatic carbocycles. The molecule has 2 fully saturated rings. The molecule has 1 aliphatic carbocycles. The zero-order valence-electron chi connectivity index (χ0n) is 24.0. The second-order valence-electron chi connectivity index (χ2n) is 11.3. The number of anilines is 2. The van der Waals surface area contributed by atoms with Gasteiger partial charge >= 0.3 is 227 Å².